The van der Waals surface area contributed by atoms with Gasteiger partial charge in [0.05, 0.1) is 12.7 Å². The van der Waals surface area contributed by atoms with Crippen molar-refractivity contribution in [3.63, 3.8) is 0 Å². The van der Waals surface area contributed by atoms with Crippen LogP contribution in [-0.4, -0.2) is 44.1 Å². The smallest absolute Gasteiger partial charge is 0.253 e. The van der Waals surface area contributed by atoms with Crippen molar-refractivity contribution in [2.45, 2.75) is 32.1 Å². The van der Waals surface area contributed by atoms with E-state index >= 15 is 0 Å². The second-order valence-electron chi connectivity index (χ2n) is 8.97. The van der Waals surface area contributed by atoms with Crippen molar-refractivity contribution >= 4 is 5.91 Å². The molecule has 1 N–H and O–H groups in total. The molecule has 0 spiro atoms. The number of fused-ring (bicyclic) bond motifs is 1. The number of carbonyl (C=O) groups excluding carboxylic acids is 1. The molecule has 7 nitrogen and oxygen atoms in total. The summed E-state index contributed by atoms with van der Waals surface area (Å²) in [6.07, 6.45) is 1.66. The number of carbonyl (C=O) groups is 1. The molecule has 2 aliphatic heterocycles. The number of ether oxygens (including phenoxy) is 4. The highest BCUT2D eigenvalue weighted by Crippen LogP contribution is 2.40. The fourth-order valence-electron chi connectivity index (χ4n) is 5.04. The molecule has 1 aromatic heterocycles. The van der Waals surface area contributed by atoms with Crippen molar-refractivity contribution in [2.75, 3.05) is 33.7 Å². The van der Waals surface area contributed by atoms with Crippen LogP contribution in [0.15, 0.2) is 48.5 Å². The lowest BCUT2D eigenvalue weighted by Crippen LogP contribution is -2.44. The van der Waals surface area contributed by atoms with Crippen molar-refractivity contribution in [1.29, 1.82) is 0 Å². The fraction of sp³-hybridized carbons (Fsp3) is 0.370. The Balaban J connectivity index is 1.39. The van der Waals surface area contributed by atoms with Crippen molar-refractivity contribution in [1.82, 2.24) is 9.88 Å². The lowest BCUT2D eigenvalue weighted by atomic mass is 9.74. The average molecular weight is 463 g/mol. The molecule has 0 saturated carbocycles. The van der Waals surface area contributed by atoms with Crippen LogP contribution < -0.4 is 19.5 Å². The van der Waals surface area contributed by atoms with Crippen LogP contribution in [0.4, 0.5) is 0 Å². The van der Waals surface area contributed by atoms with Gasteiger partial charge in [0.2, 0.25) is 6.79 Å². The molecule has 2 aromatic carbocycles. The first-order valence-corrected chi connectivity index (χ1v) is 11.6. The molecule has 34 heavy (non-hydrogen) atoms. The first-order valence-electron chi connectivity index (χ1n) is 11.6. The maximum absolute atomic E-state index is 13.4. The van der Waals surface area contributed by atoms with Gasteiger partial charge in [0, 0.05) is 48.3 Å². The van der Waals surface area contributed by atoms with Crippen molar-refractivity contribution in [2.24, 2.45) is 0 Å². The Morgan fingerprint density at radius 1 is 1.06 bits per heavy atom. The number of amides is 1. The molecule has 3 aromatic rings. The third-order valence-electron chi connectivity index (χ3n) is 7.01. The summed E-state index contributed by atoms with van der Waals surface area (Å²) in [6.45, 7) is 6.08. The van der Waals surface area contributed by atoms with E-state index in [4.69, 9.17) is 18.9 Å². The standard InChI is InChI=1S/C27H30N2O5/c1-18-13-23(19(2)29(18)21-5-4-6-22(15-21)31-3)26(30)28-16-27(9-11-32-12-10-27)20-7-8-24-25(14-20)34-17-33-24/h4-8,13-15H,9-12,16-17H2,1-3H3,(H,28,30). The van der Waals surface area contributed by atoms with Gasteiger partial charge in [0.25, 0.3) is 5.91 Å². The minimum absolute atomic E-state index is 0.0751. The molecule has 0 aliphatic carbocycles. The Bertz CT molecular complexity index is 1210. The second kappa shape index (κ2) is 9.06. The van der Waals surface area contributed by atoms with Gasteiger partial charge in [0.15, 0.2) is 11.5 Å². The monoisotopic (exact) mass is 462 g/mol. The van der Waals surface area contributed by atoms with Crippen LogP contribution in [0.25, 0.3) is 5.69 Å². The predicted molar refractivity (Wildman–Crippen MR) is 128 cm³/mol. The van der Waals surface area contributed by atoms with Gasteiger partial charge in [-0.25, -0.2) is 0 Å². The summed E-state index contributed by atoms with van der Waals surface area (Å²) in [5, 5.41) is 3.23. The normalized spacial score (nSPS) is 16.3. The summed E-state index contributed by atoms with van der Waals surface area (Å²) >= 11 is 0. The van der Waals surface area contributed by atoms with Gasteiger partial charge in [-0.3, -0.25) is 4.79 Å². The van der Waals surface area contributed by atoms with Crippen molar-refractivity contribution < 1.29 is 23.7 Å². The van der Waals surface area contributed by atoms with Gasteiger partial charge in [0.1, 0.15) is 5.75 Å². The van der Waals surface area contributed by atoms with Crippen molar-refractivity contribution in [3.05, 3.63) is 71.0 Å². The van der Waals surface area contributed by atoms with Gasteiger partial charge in [-0.05, 0) is 62.6 Å². The van der Waals surface area contributed by atoms with Crippen LogP contribution in [0.1, 0.15) is 40.2 Å². The topological polar surface area (TPSA) is 71.0 Å². The Morgan fingerprint density at radius 3 is 2.65 bits per heavy atom. The van der Waals surface area contributed by atoms with E-state index in [1.807, 2.05) is 50.2 Å². The molecule has 1 saturated heterocycles. The molecule has 0 radical (unpaired) electrons. The highest BCUT2D eigenvalue weighted by molar-refractivity contribution is 5.96. The van der Waals surface area contributed by atoms with E-state index in [0.717, 1.165) is 52.7 Å². The van der Waals surface area contributed by atoms with Gasteiger partial charge >= 0.3 is 0 Å². The summed E-state index contributed by atoms with van der Waals surface area (Å²) in [5.74, 6) is 2.23. The maximum Gasteiger partial charge on any atom is 0.253 e. The third-order valence-corrected chi connectivity index (χ3v) is 7.01. The van der Waals surface area contributed by atoms with Crippen LogP contribution >= 0.6 is 0 Å². The minimum Gasteiger partial charge on any atom is -0.497 e. The molecule has 2 aliphatic rings. The fourth-order valence-corrected chi connectivity index (χ4v) is 5.04. The molecule has 1 amide bonds. The Morgan fingerprint density at radius 2 is 1.85 bits per heavy atom. The Kier molecular flexibility index (Phi) is 5.96. The van der Waals surface area contributed by atoms with Crippen LogP contribution in [0.2, 0.25) is 0 Å². The number of nitrogens with one attached hydrogen (secondary N) is 1. The molecule has 178 valence electrons. The second-order valence-corrected chi connectivity index (χ2v) is 8.97. The van der Waals surface area contributed by atoms with Crippen LogP contribution in [0, 0.1) is 13.8 Å². The largest absolute Gasteiger partial charge is 0.497 e. The highest BCUT2D eigenvalue weighted by atomic mass is 16.7. The van der Waals surface area contributed by atoms with Gasteiger partial charge < -0.3 is 28.8 Å². The van der Waals surface area contributed by atoms with Crippen LogP contribution in [0.3, 0.4) is 0 Å². The van der Waals surface area contributed by atoms with Crippen molar-refractivity contribution in [3.8, 4) is 22.9 Å². The summed E-state index contributed by atoms with van der Waals surface area (Å²) in [5.41, 5.74) is 4.46. The maximum atomic E-state index is 13.4. The number of rotatable bonds is 6. The quantitative estimate of drug-likeness (QED) is 0.591. The Hall–Kier alpha value is -3.45. The minimum atomic E-state index is -0.215. The average Bonchev–Trinajstić information content (AvgIpc) is 3.46. The SMILES string of the molecule is COc1cccc(-n2c(C)cc(C(=O)NCC3(c4ccc5c(c4)OCO5)CCOCC3)c2C)c1. The molecule has 3 heterocycles. The van der Waals surface area contributed by atoms with E-state index in [1.165, 1.54) is 0 Å². The lowest BCUT2D eigenvalue weighted by Gasteiger charge is -2.38. The zero-order valence-electron chi connectivity index (χ0n) is 19.8. The first kappa shape index (κ1) is 22.3. The van der Waals surface area contributed by atoms with E-state index in [-0.39, 0.29) is 18.1 Å². The number of aryl methyl sites for hydroxylation is 1. The molecule has 0 unspecified atom stereocenters. The zero-order chi connectivity index (χ0) is 23.7. The highest BCUT2D eigenvalue weighted by Gasteiger charge is 2.36. The number of hydrogen-bond acceptors (Lipinski definition) is 5. The summed E-state index contributed by atoms with van der Waals surface area (Å²) in [6, 6.07) is 15.9. The number of methoxy groups -OCH3 is 1. The third kappa shape index (κ3) is 4.01. The van der Waals surface area contributed by atoms with E-state index in [0.29, 0.717) is 25.3 Å². The van der Waals surface area contributed by atoms with Gasteiger partial charge in [-0.15, -0.1) is 0 Å². The van der Waals surface area contributed by atoms with E-state index in [2.05, 4.69) is 22.0 Å². The Labute approximate surface area is 199 Å². The van der Waals surface area contributed by atoms with Crippen LogP contribution in [0.5, 0.6) is 17.2 Å². The van der Waals surface area contributed by atoms with Gasteiger partial charge in [-0.1, -0.05) is 12.1 Å². The number of aromatic nitrogens is 1. The lowest BCUT2D eigenvalue weighted by molar-refractivity contribution is 0.0486. The van der Waals surface area contributed by atoms with E-state index in [9.17, 15) is 4.79 Å². The molecule has 1 fully saturated rings. The molecule has 0 bridgehead atoms. The predicted octanol–water partition coefficient (Wildman–Crippen LogP) is 4.31. The van der Waals surface area contributed by atoms with E-state index < -0.39 is 0 Å². The first-order chi connectivity index (χ1) is 16.5. The number of nitrogens with zero attached hydrogens (tertiary/aromatic N) is 1. The van der Waals surface area contributed by atoms with Crippen LogP contribution in [-0.2, 0) is 10.2 Å². The molecule has 7 heteroatoms. The molecule has 0 atom stereocenters. The zero-order valence-corrected chi connectivity index (χ0v) is 19.8. The summed E-state index contributed by atoms with van der Waals surface area (Å²) in [7, 11) is 1.65. The number of benzene rings is 2. The molecule has 5 rings (SSSR count). The molecular formula is C27H30N2O5. The molecular weight excluding hydrogens is 432 g/mol. The van der Waals surface area contributed by atoms with Gasteiger partial charge in [-0.2, -0.15) is 0 Å². The van der Waals surface area contributed by atoms with E-state index in [1.54, 1.807) is 7.11 Å². The number of hydrogen-bond donors (Lipinski definition) is 1. The summed E-state index contributed by atoms with van der Waals surface area (Å²) < 4.78 is 24.2. The summed E-state index contributed by atoms with van der Waals surface area (Å²) in [4.78, 5) is 13.4.